The summed E-state index contributed by atoms with van der Waals surface area (Å²) in [5.74, 6) is 0. The molecule has 0 amide bonds. The van der Waals surface area contributed by atoms with Gasteiger partial charge in [0.15, 0.2) is 0 Å². The molecule has 1 aliphatic heterocycles. The van der Waals surface area contributed by atoms with Crippen LogP contribution in [0.5, 0.6) is 0 Å². The molecule has 118 valence electrons. The number of hydrogen-bond acceptors (Lipinski definition) is 2. The monoisotopic (exact) mass is 345 g/mol. The summed E-state index contributed by atoms with van der Waals surface area (Å²) in [6.07, 6.45) is 8.43. The second-order valence-corrected chi connectivity index (χ2v) is 8.88. The summed E-state index contributed by atoms with van der Waals surface area (Å²) in [5.41, 5.74) is 0.431. The zero-order valence-electron chi connectivity index (χ0n) is 13.8. The van der Waals surface area contributed by atoms with Crippen LogP contribution >= 0.6 is 15.9 Å². The van der Waals surface area contributed by atoms with E-state index in [4.69, 9.17) is 4.74 Å². The molecular formula is C17H32BrNO. The second-order valence-electron chi connectivity index (χ2n) is 8.31. The molecule has 2 nitrogen and oxygen atoms in total. The highest BCUT2D eigenvalue weighted by atomic mass is 79.9. The summed E-state index contributed by atoms with van der Waals surface area (Å²) in [4.78, 5) is 2.66. The van der Waals surface area contributed by atoms with E-state index in [0.29, 0.717) is 5.41 Å². The first-order valence-corrected chi connectivity index (χ1v) is 9.37. The molecule has 2 fully saturated rings. The SMILES string of the molecule is CC1(C)CN(CC2(CBr)CCCCCC2)CC(C)(C)O1. The quantitative estimate of drug-likeness (QED) is 0.546. The summed E-state index contributed by atoms with van der Waals surface area (Å²) in [5, 5.41) is 1.15. The number of morpholine rings is 1. The van der Waals surface area contributed by atoms with Crippen LogP contribution in [-0.2, 0) is 4.74 Å². The first-order chi connectivity index (χ1) is 9.26. The second kappa shape index (κ2) is 6.26. The number of halogens is 1. The van der Waals surface area contributed by atoms with Crippen LogP contribution in [0, 0.1) is 5.41 Å². The lowest BCUT2D eigenvalue weighted by Gasteiger charge is -2.49. The van der Waals surface area contributed by atoms with E-state index in [-0.39, 0.29) is 11.2 Å². The van der Waals surface area contributed by atoms with Gasteiger partial charge in [-0.05, 0) is 46.0 Å². The summed E-state index contributed by atoms with van der Waals surface area (Å²) in [7, 11) is 0. The summed E-state index contributed by atoms with van der Waals surface area (Å²) in [6.45, 7) is 12.3. The lowest BCUT2D eigenvalue weighted by molar-refractivity contribution is -0.184. The Balaban J connectivity index is 2.06. The Morgan fingerprint density at radius 3 is 1.85 bits per heavy atom. The molecule has 2 aliphatic rings. The third kappa shape index (κ3) is 4.45. The maximum absolute atomic E-state index is 6.22. The van der Waals surface area contributed by atoms with Gasteiger partial charge in [-0.3, -0.25) is 4.90 Å². The van der Waals surface area contributed by atoms with Gasteiger partial charge in [-0.25, -0.2) is 0 Å². The molecule has 1 aliphatic carbocycles. The number of rotatable bonds is 3. The average molecular weight is 346 g/mol. The van der Waals surface area contributed by atoms with E-state index in [1.807, 2.05) is 0 Å². The average Bonchev–Trinajstić information content (AvgIpc) is 2.51. The highest BCUT2D eigenvalue weighted by molar-refractivity contribution is 9.09. The number of ether oxygens (including phenoxy) is 1. The third-order valence-electron chi connectivity index (χ3n) is 4.77. The van der Waals surface area contributed by atoms with Gasteiger partial charge < -0.3 is 4.74 Å². The first kappa shape index (κ1) is 16.8. The molecule has 1 heterocycles. The van der Waals surface area contributed by atoms with E-state index in [2.05, 4.69) is 48.5 Å². The molecule has 1 saturated carbocycles. The van der Waals surface area contributed by atoms with E-state index in [1.165, 1.54) is 45.1 Å². The molecule has 1 saturated heterocycles. The van der Waals surface area contributed by atoms with Gasteiger partial charge in [0, 0.05) is 25.0 Å². The molecule has 3 heteroatoms. The minimum atomic E-state index is -0.0278. The standard InChI is InChI=1S/C17H32BrNO/c1-15(2)12-19(13-16(3,4)20-15)14-17(11-18)9-7-5-6-8-10-17/h5-14H2,1-4H3. The fraction of sp³-hybridized carbons (Fsp3) is 1.00. The molecule has 0 unspecified atom stereocenters. The van der Waals surface area contributed by atoms with Crippen LogP contribution in [0.3, 0.4) is 0 Å². The largest absolute Gasteiger partial charge is 0.367 e. The van der Waals surface area contributed by atoms with Gasteiger partial charge in [0.05, 0.1) is 11.2 Å². The van der Waals surface area contributed by atoms with Crippen molar-refractivity contribution in [1.82, 2.24) is 4.90 Å². The maximum atomic E-state index is 6.22. The highest BCUT2D eigenvalue weighted by Crippen LogP contribution is 2.39. The number of alkyl halides is 1. The van der Waals surface area contributed by atoms with Crippen molar-refractivity contribution >= 4 is 15.9 Å². The molecule has 0 N–H and O–H groups in total. The summed E-state index contributed by atoms with van der Waals surface area (Å²) < 4.78 is 6.22. The lowest BCUT2D eigenvalue weighted by Crippen LogP contribution is -2.59. The predicted octanol–water partition coefficient (Wildman–Crippen LogP) is 4.61. The minimum absolute atomic E-state index is 0.0278. The minimum Gasteiger partial charge on any atom is -0.367 e. The van der Waals surface area contributed by atoms with Crippen molar-refractivity contribution in [2.75, 3.05) is 25.0 Å². The van der Waals surface area contributed by atoms with E-state index >= 15 is 0 Å². The van der Waals surface area contributed by atoms with E-state index in [0.717, 1.165) is 18.4 Å². The van der Waals surface area contributed by atoms with Crippen LogP contribution in [0.25, 0.3) is 0 Å². The predicted molar refractivity (Wildman–Crippen MR) is 89.6 cm³/mol. The van der Waals surface area contributed by atoms with Gasteiger partial charge in [0.2, 0.25) is 0 Å². The fourth-order valence-corrected chi connectivity index (χ4v) is 5.08. The zero-order chi connectivity index (χ0) is 14.9. The molecule has 0 aromatic carbocycles. The van der Waals surface area contributed by atoms with Gasteiger partial charge in [-0.15, -0.1) is 0 Å². The molecule has 0 bridgehead atoms. The van der Waals surface area contributed by atoms with E-state index in [9.17, 15) is 0 Å². The van der Waals surface area contributed by atoms with Crippen molar-refractivity contribution < 1.29 is 4.74 Å². The molecule has 2 rings (SSSR count). The Hall–Kier alpha value is 0.400. The Bertz CT molecular complexity index is 303. The van der Waals surface area contributed by atoms with Gasteiger partial charge in [0.1, 0.15) is 0 Å². The Labute approximate surface area is 133 Å². The molecule has 0 spiro atoms. The van der Waals surface area contributed by atoms with Gasteiger partial charge in [-0.1, -0.05) is 41.6 Å². The van der Waals surface area contributed by atoms with Crippen LogP contribution < -0.4 is 0 Å². The molecular weight excluding hydrogens is 314 g/mol. The van der Waals surface area contributed by atoms with Crippen LogP contribution in [0.4, 0.5) is 0 Å². The highest BCUT2D eigenvalue weighted by Gasteiger charge is 2.41. The summed E-state index contributed by atoms with van der Waals surface area (Å²) >= 11 is 3.83. The van der Waals surface area contributed by atoms with E-state index < -0.39 is 0 Å². The zero-order valence-corrected chi connectivity index (χ0v) is 15.4. The van der Waals surface area contributed by atoms with Gasteiger partial charge >= 0.3 is 0 Å². The maximum Gasteiger partial charge on any atom is 0.0760 e. The van der Waals surface area contributed by atoms with Crippen LogP contribution in [0.15, 0.2) is 0 Å². The fourth-order valence-electron chi connectivity index (χ4n) is 4.34. The Kier molecular flexibility index (Phi) is 5.24. The topological polar surface area (TPSA) is 12.5 Å². The van der Waals surface area contributed by atoms with Crippen LogP contribution in [0.2, 0.25) is 0 Å². The molecule has 0 atom stereocenters. The van der Waals surface area contributed by atoms with Crippen molar-refractivity contribution in [3.8, 4) is 0 Å². The van der Waals surface area contributed by atoms with Crippen LogP contribution in [-0.4, -0.2) is 41.1 Å². The van der Waals surface area contributed by atoms with Crippen LogP contribution in [0.1, 0.15) is 66.2 Å². The van der Waals surface area contributed by atoms with Gasteiger partial charge in [0.25, 0.3) is 0 Å². The lowest BCUT2D eigenvalue weighted by atomic mass is 9.81. The number of nitrogens with zero attached hydrogens (tertiary/aromatic N) is 1. The van der Waals surface area contributed by atoms with E-state index in [1.54, 1.807) is 0 Å². The smallest absolute Gasteiger partial charge is 0.0760 e. The third-order valence-corrected chi connectivity index (χ3v) is 5.96. The molecule has 20 heavy (non-hydrogen) atoms. The summed E-state index contributed by atoms with van der Waals surface area (Å²) in [6, 6.07) is 0. The number of hydrogen-bond donors (Lipinski definition) is 0. The van der Waals surface area contributed by atoms with Crippen molar-refractivity contribution in [2.24, 2.45) is 5.41 Å². The Morgan fingerprint density at radius 1 is 0.900 bits per heavy atom. The normalized spacial score (nSPS) is 29.9. The van der Waals surface area contributed by atoms with Crippen molar-refractivity contribution in [2.45, 2.75) is 77.4 Å². The first-order valence-electron chi connectivity index (χ1n) is 8.25. The Morgan fingerprint density at radius 2 is 1.40 bits per heavy atom. The van der Waals surface area contributed by atoms with Gasteiger partial charge in [-0.2, -0.15) is 0 Å². The molecule has 0 aromatic heterocycles. The van der Waals surface area contributed by atoms with Crippen molar-refractivity contribution in [3.05, 3.63) is 0 Å². The molecule has 0 aromatic rings. The van der Waals surface area contributed by atoms with Crippen molar-refractivity contribution in [1.29, 1.82) is 0 Å². The van der Waals surface area contributed by atoms with Crippen molar-refractivity contribution in [3.63, 3.8) is 0 Å². The molecule has 0 radical (unpaired) electrons.